The van der Waals surface area contributed by atoms with E-state index < -0.39 is 6.10 Å². The van der Waals surface area contributed by atoms with Crippen LogP contribution in [0.3, 0.4) is 0 Å². The van der Waals surface area contributed by atoms with Crippen LogP contribution in [0.1, 0.15) is 329 Å². The van der Waals surface area contributed by atoms with Gasteiger partial charge in [-0.25, -0.2) is 0 Å². The standard InChI is InChI=1S/C67H120O6/c1-4-7-10-13-16-19-22-25-28-31-33-36-39-42-45-48-51-54-57-60-66(69)72-63-64(62-71-65(68)59-56-53-50-47-44-41-38-35-30-27-24-21-18-15-12-9-6-3)73-67(70)61-58-55-52-49-46-43-40-37-34-32-29-26-23-20-17-14-11-8-5-2/h7,10,16,19,25,28,33,36,42,45,64H,4-6,8-9,11-15,17-18,20-24,26-27,29-32,34-35,37-41,43-44,46-63H2,1-3H3/b10-7-,19-16-,28-25-,36-33-,45-42-/t64-/m1/s1. The quantitative estimate of drug-likeness (QED) is 0.0261. The van der Waals surface area contributed by atoms with Crippen molar-refractivity contribution in [2.24, 2.45) is 0 Å². The molecule has 424 valence electrons. The Labute approximate surface area is 453 Å². The van der Waals surface area contributed by atoms with Crippen molar-refractivity contribution in [3.63, 3.8) is 0 Å². The fourth-order valence-electron chi connectivity index (χ4n) is 9.30. The zero-order chi connectivity index (χ0) is 52.9. The average molecular weight is 1020 g/mol. The van der Waals surface area contributed by atoms with Crippen molar-refractivity contribution in [2.75, 3.05) is 13.2 Å². The van der Waals surface area contributed by atoms with Crippen LogP contribution >= 0.6 is 0 Å². The number of carbonyl (C=O) groups is 3. The lowest BCUT2D eigenvalue weighted by Crippen LogP contribution is -2.30. The SMILES string of the molecule is CC/C=C\C/C=C\C/C=C\C/C=C\C/C=C\CCCCCC(=O)OC[C@@H](COC(=O)CCCCCCCCCCCCCCCCCCC)OC(=O)CCCCCCCCCCCCCCCCCCCCC. The van der Waals surface area contributed by atoms with E-state index >= 15 is 0 Å². The molecule has 1 atom stereocenters. The molecule has 0 N–H and O–H groups in total. The monoisotopic (exact) mass is 1020 g/mol. The third kappa shape index (κ3) is 59.9. The highest BCUT2D eigenvalue weighted by Crippen LogP contribution is 2.17. The molecule has 0 fully saturated rings. The molecule has 0 aromatic heterocycles. The molecule has 0 rings (SSSR count). The first kappa shape index (κ1) is 70.1. The summed E-state index contributed by atoms with van der Waals surface area (Å²) in [6, 6.07) is 0. The molecule has 0 radical (unpaired) electrons. The van der Waals surface area contributed by atoms with Crippen LogP contribution in [0.4, 0.5) is 0 Å². The Morgan fingerprint density at radius 1 is 0.288 bits per heavy atom. The maximum Gasteiger partial charge on any atom is 0.306 e. The lowest BCUT2D eigenvalue weighted by molar-refractivity contribution is -0.167. The van der Waals surface area contributed by atoms with Crippen LogP contribution in [0, 0.1) is 0 Å². The predicted molar refractivity (Wildman–Crippen MR) is 316 cm³/mol. The molecule has 0 aromatic rings. The molecule has 0 amide bonds. The van der Waals surface area contributed by atoms with E-state index in [9.17, 15) is 14.4 Å². The molecule has 0 saturated carbocycles. The highest BCUT2D eigenvalue weighted by atomic mass is 16.6. The van der Waals surface area contributed by atoms with E-state index in [-0.39, 0.29) is 31.1 Å². The summed E-state index contributed by atoms with van der Waals surface area (Å²) in [6.45, 7) is 6.56. The van der Waals surface area contributed by atoms with Crippen LogP contribution in [0.2, 0.25) is 0 Å². The molecule has 0 bridgehead atoms. The molecule has 0 aliphatic rings. The Morgan fingerprint density at radius 2 is 0.534 bits per heavy atom. The second kappa shape index (κ2) is 61.7. The van der Waals surface area contributed by atoms with Crippen LogP contribution in [-0.4, -0.2) is 37.2 Å². The number of hydrogen-bond acceptors (Lipinski definition) is 6. The molecular formula is C67H120O6. The summed E-state index contributed by atoms with van der Waals surface area (Å²) in [5.74, 6) is -0.892. The minimum absolute atomic E-state index is 0.0801. The number of unbranched alkanes of at least 4 members (excludes halogenated alkanes) is 37. The van der Waals surface area contributed by atoms with Crippen molar-refractivity contribution in [3.05, 3.63) is 60.8 Å². The predicted octanol–water partition coefficient (Wildman–Crippen LogP) is 21.6. The Kier molecular flexibility index (Phi) is 59.2. The molecule has 0 aromatic carbocycles. The van der Waals surface area contributed by atoms with Crippen molar-refractivity contribution >= 4 is 17.9 Å². The molecule has 0 saturated heterocycles. The van der Waals surface area contributed by atoms with Crippen molar-refractivity contribution < 1.29 is 28.6 Å². The Bertz CT molecular complexity index is 1310. The van der Waals surface area contributed by atoms with Crippen LogP contribution < -0.4 is 0 Å². The minimum Gasteiger partial charge on any atom is -0.462 e. The Hall–Kier alpha value is -2.89. The molecule has 0 heterocycles. The van der Waals surface area contributed by atoms with Gasteiger partial charge in [0, 0.05) is 19.3 Å². The van der Waals surface area contributed by atoms with Crippen LogP contribution in [0.15, 0.2) is 60.8 Å². The second-order valence-electron chi connectivity index (χ2n) is 21.3. The third-order valence-electron chi connectivity index (χ3n) is 14.0. The fraction of sp³-hybridized carbons (Fsp3) is 0.806. The van der Waals surface area contributed by atoms with Gasteiger partial charge in [-0.2, -0.15) is 0 Å². The van der Waals surface area contributed by atoms with Gasteiger partial charge in [0.05, 0.1) is 0 Å². The van der Waals surface area contributed by atoms with Gasteiger partial charge in [0.1, 0.15) is 13.2 Å². The summed E-state index contributed by atoms with van der Waals surface area (Å²) in [5, 5.41) is 0. The zero-order valence-electron chi connectivity index (χ0n) is 48.7. The smallest absolute Gasteiger partial charge is 0.306 e. The summed E-state index contributed by atoms with van der Waals surface area (Å²) in [7, 11) is 0. The fourth-order valence-corrected chi connectivity index (χ4v) is 9.30. The second-order valence-corrected chi connectivity index (χ2v) is 21.3. The van der Waals surface area contributed by atoms with Gasteiger partial charge in [-0.15, -0.1) is 0 Å². The normalized spacial score (nSPS) is 12.4. The number of carbonyl (C=O) groups excluding carboxylic acids is 3. The maximum atomic E-state index is 12.9. The van der Waals surface area contributed by atoms with Gasteiger partial charge in [0.2, 0.25) is 0 Å². The van der Waals surface area contributed by atoms with E-state index in [1.807, 2.05) is 0 Å². The van der Waals surface area contributed by atoms with Crippen molar-refractivity contribution in [3.8, 4) is 0 Å². The lowest BCUT2D eigenvalue weighted by Gasteiger charge is -2.18. The Balaban J connectivity index is 4.39. The number of ether oxygens (including phenoxy) is 3. The van der Waals surface area contributed by atoms with Crippen LogP contribution in [-0.2, 0) is 28.6 Å². The summed E-state index contributed by atoms with van der Waals surface area (Å²) >= 11 is 0. The average Bonchev–Trinajstić information content (AvgIpc) is 3.39. The summed E-state index contributed by atoms with van der Waals surface area (Å²) < 4.78 is 16.9. The Morgan fingerprint density at radius 3 is 0.836 bits per heavy atom. The van der Waals surface area contributed by atoms with E-state index in [1.165, 1.54) is 193 Å². The number of hydrogen-bond donors (Lipinski definition) is 0. The van der Waals surface area contributed by atoms with Gasteiger partial charge in [0.15, 0.2) is 6.10 Å². The minimum atomic E-state index is -0.786. The maximum absolute atomic E-state index is 12.9. The molecule has 0 spiro atoms. The van der Waals surface area contributed by atoms with E-state index in [4.69, 9.17) is 14.2 Å². The molecule has 6 heteroatoms. The highest BCUT2D eigenvalue weighted by Gasteiger charge is 2.19. The van der Waals surface area contributed by atoms with Crippen LogP contribution in [0.25, 0.3) is 0 Å². The van der Waals surface area contributed by atoms with Gasteiger partial charge in [-0.3, -0.25) is 14.4 Å². The van der Waals surface area contributed by atoms with Crippen molar-refractivity contribution in [1.82, 2.24) is 0 Å². The first-order valence-corrected chi connectivity index (χ1v) is 31.8. The third-order valence-corrected chi connectivity index (χ3v) is 14.0. The molecular weight excluding hydrogens is 901 g/mol. The molecule has 0 unspecified atom stereocenters. The molecule has 6 nitrogen and oxygen atoms in total. The van der Waals surface area contributed by atoms with Gasteiger partial charge < -0.3 is 14.2 Å². The number of rotatable bonds is 58. The topological polar surface area (TPSA) is 78.9 Å². The molecule has 0 aliphatic heterocycles. The van der Waals surface area contributed by atoms with Crippen molar-refractivity contribution in [1.29, 1.82) is 0 Å². The van der Waals surface area contributed by atoms with Gasteiger partial charge >= 0.3 is 17.9 Å². The first-order valence-electron chi connectivity index (χ1n) is 31.8. The van der Waals surface area contributed by atoms with E-state index in [2.05, 4.69) is 81.5 Å². The number of allylic oxidation sites excluding steroid dienone is 10. The lowest BCUT2D eigenvalue weighted by atomic mass is 10.0. The van der Waals surface area contributed by atoms with E-state index in [1.54, 1.807) is 0 Å². The van der Waals surface area contributed by atoms with Gasteiger partial charge in [-0.05, 0) is 64.2 Å². The molecule has 73 heavy (non-hydrogen) atoms. The van der Waals surface area contributed by atoms with Crippen molar-refractivity contribution in [2.45, 2.75) is 335 Å². The van der Waals surface area contributed by atoms with E-state index in [0.29, 0.717) is 19.3 Å². The number of esters is 3. The first-order chi connectivity index (χ1) is 36.0. The summed E-state index contributed by atoms with van der Waals surface area (Å²) in [5.41, 5.74) is 0. The van der Waals surface area contributed by atoms with Gasteiger partial charge in [0.25, 0.3) is 0 Å². The zero-order valence-corrected chi connectivity index (χ0v) is 48.7. The van der Waals surface area contributed by atoms with Crippen LogP contribution in [0.5, 0.6) is 0 Å². The largest absolute Gasteiger partial charge is 0.462 e. The van der Waals surface area contributed by atoms with Gasteiger partial charge in [-0.1, -0.05) is 306 Å². The summed E-state index contributed by atoms with van der Waals surface area (Å²) in [6.07, 6.45) is 77.9. The van der Waals surface area contributed by atoms with E-state index in [0.717, 1.165) is 96.3 Å². The summed E-state index contributed by atoms with van der Waals surface area (Å²) in [4.78, 5) is 38.3. The highest BCUT2D eigenvalue weighted by molar-refractivity contribution is 5.71. The molecule has 0 aliphatic carbocycles.